The first kappa shape index (κ1) is 17.5. The molecule has 1 aromatic carbocycles. The van der Waals surface area contributed by atoms with Crippen molar-refractivity contribution in [3.05, 3.63) is 53.4 Å². The van der Waals surface area contributed by atoms with Crippen LogP contribution < -0.4 is 4.90 Å². The van der Waals surface area contributed by atoms with Crippen LogP contribution in [0.15, 0.2) is 36.0 Å². The molecule has 0 aliphatic heterocycles. The van der Waals surface area contributed by atoms with Gasteiger partial charge >= 0.3 is 0 Å². The Morgan fingerprint density at radius 3 is 2.74 bits per heavy atom. The molecule has 0 saturated carbocycles. The average Bonchev–Trinajstić information content (AvgIpc) is 3.29. The second kappa shape index (κ2) is 7.03. The zero-order valence-corrected chi connectivity index (χ0v) is 16.2. The fourth-order valence-electron chi connectivity index (χ4n) is 3.01. The minimum Gasteiger partial charge on any atom is -0.362 e. The lowest BCUT2D eigenvalue weighted by Gasteiger charge is -2.15. The molecule has 6 nitrogen and oxygen atoms in total. The van der Waals surface area contributed by atoms with E-state index in [9.17, 15) is 4.39 Å². The monoisotopic (exact) mass is 382 g/mol. The van der Waals surface area contributed by atoms with E-state index in [0.29, 0.717) is 29.6 Å². The van der Waals surface area contributed by atoms with Gasteiger partial charge in [-0.3, -0.25) is 0 Å². The smallest absolute Gasteiger partial charge is 0.149 e. The highest BCUT2D eigenvalue weighted by Crippen LogP contribution is 2.25. The highest BCUT2D eigenvalue weighted by Gasteiger charge is 2.14. The Kier molecular flexibility index (Phi) is 4.57. The summed E-state index contributed by atoms with van der Waals surface area (Å²) in [6, 6.07) is 4.95. The second-order valence-corrected chi connectivity index (χ2v) is 7.38. The van der Waals surface area contributed by atoms with E-state index < -0.39 is 0 Å². The highest BCUT2D eigenvalue weighted by atomic mass is 32.1. The molecule has 3 heterocycles. The first-order valence-corrected chi connectivity index (χ1v) is 9.45. The molecule has 0 bridgehead atoms. The van der Waals surface area contributed by atoms with E-state index in [0.717, 1.165) is 22.3 Å². The Morgan fingerprint density at radius 2 is 2.00 bits per heavy atom. The molecule has 4 aromatic rings. The molecule has 0 N–H and O–H groups in total. The Morgan fingerprint density at radius 1 is 1.15 bits per heavy atom. The van der Waals surface area contributed by atoms with Crippen molar-refractivity contribution in [2.45, 2.75) is 12.8 Å². The third kappa shape index (κ3) is 3.40. The van der Waals surface area contributed by atoms with E-state index in [1.165, 1.54) is 6.07 Å². The van der Waals surface area contributed by atoms with Crippen LogP contribution in [0.3, 0.4) is 0 Å². The predicted octanol–water partition coefficient (Wildman–Crippen LogP) is 3.48. The Balaban J connectivity index is 1.64. The quantitative estimate of drug-likeness (QED) is 0.529. The maximum absolute atomic E-state index is 14.3. The van der Waals surface area contributed by atoms with E-state index in [1.54, 1.807) is 23.6 Å². The van der Waals surface area contributed by atoms with Gasteiger partial charge in [0, 0.05) is 57.1 Å². The summed E-state index contributed by atoms with van der Waals surface area (Å²) in [6.45, 7) is 0. The van der Waals surface area contributed by atoms with Crippen molar-refractivity contribution in [1.29, 1.82) is 0 Å². The van der Waals surface area contributed by atoms with E-state index in [-0.39, 0.29) is 5.82 Å². The van der Waals surface area contributed by atoms with Crippen LogP contribution in [0.5, 0.6) is 0 Å². The maximum Gasteiger partial charge on any atom is 0.149 e. The van der Waals surface area contributed by atoms with Crippen LogP contribution in [0.25, 0.3) is 21.6 Å². The van der Waals surface area contributed by atoms with Crippen molar-refractivity contribution >= 4 is 28.1 Å². The molecule has 0 aliphatic carbocycles. The molecule has 0 fully saturated rings. The van der Waals surface area contributed by atoms with Crippen molar-refractivity contribution in [3.63, 3.8) is 0 Å². The van der Waals surface area contributed by atoms with Crippen LogP contribution >= 0.6 is 11.3 Å². The summed E-state index contributed by atoms with van der Waals surface area (Å²) in [5.41, 5.74) is 1.22. The number of nitrogens with zero attached hydrogens (tertiary/aromatic N) is 6. The van der Waals surface area contributed by atoms with Crippen LogP contribution in [-0.2, 0) is 19.9 Å². The van der Waals surface area contributed by atoms with Gasteiger partial charge in [-0.15, -0.1) is 11.3 Å². The second-order valence-electron chi connectivity index (χ2n) is 6.48. The average molecular weight is 382 g/mol. The van der Waals surface area contributed by atoms with Gasteiger partial charge in [-0.05, 0) is 12.1 Å². The number of anilines is 1. The van der Waals surface area contributed by atoms with Gasteiger partial charge < -0.3 is 9.47 Å². The molecule has 0 amide bonds. The summed E-state index contributed by atoms with van der Waals surface area (Å²) >= 11 is 1.56. The van der Waals surface area contributed by atoms with Gasteiger partial charge in [-0.1, -0.05) is 6.07 Å². The molecule has 0 aliphatic rings. The predicted molar refractivity (Wildman–Crippen MR) is 106 cm³/mol. The molecular formula is C19H19FN6S. The highest BCUT2D eigenvalue weighted by molar-refractivity contribution is 7.13. The molecule has 4 rings (SSSR count). The molecule has 0 spiro atoms. The van der Waals surface area contributed by atoms with Crippen LogP contribution in [0, 0.1) is 5.82 Å². The van der Waals surface area contributed by atoms with E-state index in [4.69, 9.17) is 0 Å². The SMILES string of the molecule is CN(C)c1nc(CCc2nc(-c3nccs3)cn2C)nc2c(F)cccc12. The van der Waals surface area contributed by atoms with Gasteiger partial charge in [0.1, 0.15) is 39.5 Å². The van der Waals surface area contributed by atoms with Crippen molar-refractivity contribution < 1.29 is 4.39 Å². The number of thiazole rings is 1. The summed E-state index contributed by atoms with van der Waals surface area (Å²) in [6.07, 6.45) is 4.98. The Hall–Kier alpha value is -2.87. The largest absolute Gasteiger partial charge is 0.362 e. The maximum atomic E-state index is 14.3. The van der Waals surface area contributed by atoms with Crippen molar-refractivity contribution in [1.82, 2.24) is 24.5 Å². The fraction of sp³-hybridized carbons (Fsp3) is 0.263. The Labute approximate surface area is 160 Å². The van der Waals surface area contributed by atoms with Crippen LogP contribution in [0.1, 0.15) is 11.6 Å². The standard InChI is InChI=1S/C19H19FN6S/c1-25(2)18-12-5-4-6-13(20)17(12)23-15(24-18)7-8-16-22-14(11-26(16)3)19-21-9-10-27-19/h4-6,9-11H,7-8H2,1-3H3. The third-order valence-electron chi connectivity index (χ3n) is 4.32. The van der Waals surface area contributed by atoms with Gasteiger partial charge in [0.05, 0.1) is 0 Å². The first-order chi connectivity index (χ1) is 13.0. The third-order valence-corrected chi connectivity index (χ3v) is 5.12. The minimum atomic E-state index is -0.331. The summed E-state index contributed by atoms with van der Waals surface area (Å²) in [5, 5.41) is 3.55. The van der Waals surface area contributed by atoms with Crippen LogP contribution in [0.2, 0.25) is 0 Å². The molecule has 0 unspecified atom stereocenters. The molecule has 0 radical (unpaired) electrons. The number of aromatic nitrogens is 5. The number of benzene rings is 1. The lowest BCUT2D eigenvalue weighted by molar-refractivity contribution is 0.635. The summed E-state index contributed by atoms with van der Waals surface area (Å²) in [4.78, 5) is 20.0. The molecule has 27 heavy (non-hydrogen) atoms. The van der Waals surface area contributed by atoms with Gasteiger partial charge in [-0.25, -0.2) is 24.3 Å². The lowest BCUT2D eigenvalue weighted by atomic mass is 10.2. The van der Waals surface area contributed by atoms with Gasteiger partial charge in [-0.2, -0.15) is 0 Å². The number of aryl methyl sites for hydroxylation is 3. The minimum absolute atomic E-state index is 0.331. The van der Waals surface area contributed by atoms with Gasteiger partial charge in [0.2, 0.25) is 0 Å². The Bertz CT molecular complexity index is 1090. The number of hydrogen-bond acceptors (Lipinski definition) is 6. The normalized spacial score (nSPS) is 11.3. The molecule has 3 aromatic heterocycles. The zero-order chi connectivity index (χ0) is 19.0. The number of hydrogen-bond donors (Lipinski definition) is 0. The molecule has 138 valence electrons. The zero-order valence-electron chi connectivity index (χ0n) is 15.3. The number of para-hydroxylation sites is 1. The molecule has 0 saturated heterocycles. The molecular weight excluding hydrogens is 363 g/mol. The van der Waals surface area contributed by atoms with Gasteiger partial charge in [0.15, 0.2) is 0 Å². The number of halogens is 1. The van der Waals surface area contributed by atoms with Crippen molar-refractivity contribution in [2.75, 3.05) is 19.0 Å². The topological polar surface area (TPSA) is 59.7 Å². The number of rotatable bonds is 5. The van der Waals surface area contributed by atoms with Crippen molar-refractivity contribution in [2.24, 2.45) is 7.05 Å². The van der Waals surface area contributed by atoms with E-state index in [1.807, 2.05) is 48.3 Å². The van der Waals surface area contributed by atoms with E-state index >= 15 is 0 Å². The summed E-state index contributed by atoms with van der Waals surface area (Å²) in [5.74, 6) is 1.92. The number of fused-ring (bicyclic) bond motifs is 1. The van der Waals surface area contributed by atoms with E-state index in [2.05, 4.69) is 19.9 Å². The number of imidazole rings is 1. The fourth-order valence-corrected chi connectivity index (χ4v) is 3.60. The van der Waals surface area contributed by atoms with Gasteiger partial charge in [0.25, 0.3) is 0 Å². The summed E-state index contributed by atoms with van der Waals surface area (Å²) < 4.78 is 16.3. The molecule has 0 atom stereocenters. The van der Waals surface area contributed by atoms with Crippen LogP contribution in [-0.4, -0.2) is 38.6 Å². The van der Waals surface area contributed by atoms with Crippen molar-refractivity contribution in [3.8, 4) is 10.7 Å². The van der Waals surface area contributed by atoms with Crippen LogP contribution in [0.4, 0.5) is 10.2 Å². The summed E-state index contributed by atoms with van der Waals surface area (Å²) in [7, 11) is 5.76. The first-order valence-electron chi connectivity index (χ1n) is 8.57. The molecule has 8 heteroatoms. The lowest BCUT2D eigenvalue weighted by Crippen LogP contribution is -2.14.